The molecule has 0 aliphatic heterocycles. The van der Waals surface area contributed by atoms with Gasteiger partial charge in [0.2, 0.25) is 5.28 Å². The van der Waals surface area contributed by atoms with E-state index in [-0.39, 0.29) is 5.28 Å². The molecule has 2 aromatic heterocycles. The average molecular weight is 1180 g/mol. The first-order valence-corrected chi connectivity index (χ1v) is 30.4. The standard InChI is InChI=1S/C40H25N3.C25H17BO2.C15H10ClN3/c1-3-13-26(14-4-1)37-41-38(27-15-5-2-6-16-27)43-39(42-37)28-23-24-32-31-19-9-12-22-35(31)40(36(32)25-28)33-20-10-7-17-29(33)30-18-8-11-21-34(30)40;27-26(28)16-13-14-20-19-9-3-6-12-23(19)25(24(20)15-16)21-10-4-1-7-17(21)18-8-2-5-11-22(18)25;16-15-18-13(11-7-3-1-4-8-11)17-14(19-15)12-9-5-2-6-10-12/h1-25H;1-15,27-28H;1-10H. The van der Waals surface area contributed by atoms with Crippen LogP contribution in [-0.2, 0) is 10.8 Å². The Kier molecular flexibility index (Phi) is 13.4. The summed E-state index contributed by atoms with van der Waals surface area (Å²) in [4.78, 5) is 27.8. The summed E-state index contributed by atoms with van der Waals surface area (Å²) in [5.74, 6) is 3.17. The van der Waals surface area contributed by atoms with Gasteiger partial charge >= 0.3 is 7.12 Å². The number of aromatic nitrogens is 6. The van der Waals surface area contributed by atoms with Crippen molar-refractivity contribution in [2.75, 3.05) is 0 Å². The highest BCUT2D eigenvalue weighted by atomic mass is 35.5. The number of hydrogen-bond donors (Lipinski definition) is 2. The molecule has 4 aliphatic rings. The molecule has 2 N–H and O–H groups in total. The van der Waals surface area contributed by atoms with Crippen LogP contribution in [0.5, 0.6) is 0 Å². The summed E-state index contributed by atoms with van der Waals surface area (Å²) in [6.07, 6.45) is 0. The third-order valence-electron chi connectivity index (χ3n) is 17.9. The van der Waals surface area contributed by atoms with E-state index in [1.54, 1.807) is 0 Å². The molecule has 0 saturated heterocycles. The summed E-state index contributed by atoms with van der Waals surface area (Å²) in [5.41, 5.74) is 24.6. The van der Waals surface area contributed by atoms with Crippen molar-refractivity contribution in [1.29, 1.82) is 0 Å². The molecule has 10 heteroatoms. The number of fused-ring (bicyclic) bond motifs is 20. The van der Waals surface area contributed by atoms with Gasteiger partial charge in [-0.05, 0) is 112 Å². The van der Waals surface area contributed by atoms with Crippen LogP contribution in [0.4, 0.5) is 0 Å². The molecule has 14 aromatic rings. The molecule has 0 bridgehead atoms. The van der Waals surface area contributed by atoms with Crippen molar-refractivity contribution in [3.05, 3.63) is 353 Å². The zero-order chi connectivity index (χ0) is 60.3. The molecular weight excluding hydrogens is 1120 g/mol. The Morgan fingerprint density at radius 2 is 0.478 bits per heavy atom. The Labute approximate surface area is 526 Å². The van der Waals surface area contributed by atoms with E-state index in [0.29, 0.717) is 34.6 Å². The van der Waals surface area contributed by atoms with Gasteiger partial charge in [-0.25, -0.2) is 19.9 Å². The van der Waals surface area contributed by atoms with Crippen LogP contribution in [0.2, 0.25) is 5.28 Å². The summed E-state index contributed by atoms with van der Waals surface area (Å²) in [7, 11) is -1.49. The molecule has 424 valence electrons. The maximum absolute atomic E-state index is 9.85. The fraction of sp³-hybridized carbons (Fsp3) is 0.0250. The Bertz CT molecular complexity index is 4850. The average Bonchev–Trinajstić information content (AvgIpc) is 1.52. The van der Waals surface area contributed by atoms with Crippen LogP contribution in [0.15, 0.2) is 303 Å². The molecule has 0 fully saturated rings. The first-order chi connectivity index (χ1) is 44.4. The van der Waals surface area contributed by atoms with Crippen molar-refractivity contribution < 1.29 is 10.0 Å². The Morgan fingerprint density at radius 1 is 0.233 bits per heavy atom. The first-order valence-electron chi connectivity index (χ1n) is 30.0. The summed E-state index contributed by atoms with van der Waals surface area (Å²) >= 11 is 5.99. The second-order valence-corrected chi connectivity index (χ2v) is 23.1. The van der Waals surface area contributed by atoms with E-state index in [0.717, 1.165) is 38.9 Å². The molecule has 0 amide bonds. The molecule has 4 aliphatic carbocycles. The largest absolute Gasteiger partial charge is 0.488 e. The summed E-state index contributed by atoms with van der Waals surface area (Å²) in [6.45, 7) is 0. The third kappa shape index (κ3) is 8.77. The highest BCUT2D eigenvalue weighted by molar-refractivity contribution is 6.58. The van der Waals surface area contributed by atoms with Gasteiger partial charge in [0.05, 0.1) is 10.8 Å². The predicted octanol–water partition coefficient (Wildman–Crippen LogP) is 16.8. The van der Waals surface area contributed by atoms with Crippen LogP contribution >= 0.6 is 11.6 Å². The minimum atomic E-state index is -1.49. The monoisotopic (exact) mass is 1170 g/mol. The normalized spacial score (nSPS) is 13.0. The van der Waals surface area contributed by atoms with E-state index in [2.05, 4.69) is 203 Å². The summed E-state index contributed by atoms with van der Waals surface area (Å²) < 4.78 is 0. The van der Waals surface area contributed by atoms with Gasteiger partial charge in [0.25, 0.3) is 0 Å². The second-order valence-electron chi connectivity index (χ2n) is 22.7. The van der Waals surface area contributed by atoms with Crippen molar-refractivity contribution in [1.82, 2.24) is 29.9 Å². The van der Waals surface area contributed by atoms with E-state index >= 15 is 0 Å². The van der Waals surface area contributed by atoms with Crippen LogP contribution in [-0.4, -0.2) is 47.1 Å². The number of hydrogen-bond acceptors (Lipinski definition) is 8. The minimum Gasteiger partial charge on any atom is -0.423 e. The van der Waals surface area contributed by atoms with Crippen molar-refractivity contribution >= 4 is 24.2 Å². The van der Waals surface area contributed by atoms with Gasteiger partial charge in [0.15, 0.2) is 29.1 Å². The van der Waals surface area contributed by atoms with Gasteiger partial charge in [-0.2, -0.15) is 9.97 Å². The van der Waals surface area contributed by atoms with Crippen molar-refractivity contribution in [3.8, 4) is 101 Å². The summed E-state index contributed by atoms with van der Waals surface area (Å²) in [6, 6.07) is 105. The highest BCUT2D eigenvalue weighted by Crippen LogP contribution is 2.64. The molecule has 0 radical (unpaired) electrons. The number of rotatable bonds is 6. The number of nitrogens with zero attached hydrogens (tertiary/aromatic N) is 6. The van der Waals surface area contributed by atoms with E-state index in [9.17, 15) is 10.0 Å². The van der Waals surface area contributed by atoms with Crippen LogP contribution in [0.25, 0.3) is 101 Å². The molecule has 90 heavy (non-hydrogen) atoms. The van der Waals surface area contributed by atoms with E-state index in [1.165, 1.54) is 77.9 Å². The lowest BCUT2D eigenvalue weighted by Crippen LogP contribution is -2.32. The predicted molar refractivity (Wildman–Crippen MR) is 361 cm³/mol. The maximum atomic E-state index is 9.85. The lowest BCUT2D eigenvalue weighted by Gasteiger charge is -2.30. The number of halogens is 1. The van der Waals surface area contributed by atoms with Crippen molar-refractivity contribution in [3.63, 3.8) is 0 Å². The minimum absolute atomic E-state index is 0.202. The van der Waals surface area contributed by atoms with Gasteiger partial charge in [-0.3, -0.25) is 0 Å². The molecule has 18 rings (SSSR count). The maximum Gasteiger partial charge on any atom is 0.488 e. The van der Waals surface area contributed by atoms with Gasteiger partial charge < -0.3 is 10.0 Å². The lowest BCUT2D eigenvalue weighted by molar-refractivity contribution is 0.425. The van der Waals surface area contributed by atoms with Crippen LogP contribution < -0.4 is 5.46 Å². The Balaban J connectivity index is 0.000000118. The van der Waals surface area contributed by atoms with Gasteiger partial charge in [-0.1, -0.05) is 297 Å². The summed E-state index contributed by atoms with van der Waals surface area (Å²) in [5, 5.41) is 19.9. The highest BCUT2D eigenvalue weighted by Gasteiger charge is 2.53. The van der Waals surface area contributed by atoms with E-state index in [4.69, 9.17) is 26.6 Å². The van der Waals surface area contributed by atoms with Crippen molar-refractivity contribution in [2.24, 2.45) is 0 Å². The van der Waals surface area contributed by atoms with Crippen LogP contribution in [0, 0.1) is 0 Å². The molecule has 0 unspecified atom stereocenters. The van der Waals surface area contributed by atoms with E-state index in [1.807, 2.05) is 115 Å². The zero-order valence-corrected chi connectivity index (χ0v) is 49.2. The fourth-order valence-electron chi connectivity index (χ4n) is 14.2. The fourth-order valence-corrected chi connectivity index (χ4v) is 14.4. The Morgan fingerprint density at radius 3 is 0.789 bits per heavy atom. The topological polar surface area (TPSA) is 118 Å². The zero-order valence-electron chi connectivity index (χ0n) is 48.4. The smallest absolute Gasteiger partial charge is 0.423 e. The molecule has 0 saturated carbocycles. The van der Waals surface area contributed by atoms with E-state index < -0.39 is 17.9 Å². The molecule has 0 atom stereocenters. The number of benzene rings is 12. The second kappa shape index (κ2) is 22.3. The first kappa shape index (κ1) is 54.3. The molecule has 8 nitrogen and oxygen atoms in total. The van der Waals surface area contributed by atoms with Crippen molar-refractivity contribution in [2.45, 2.75) is 10.8 Å². The van der Waals surface area contributed by atoms with Gasteiger partial charge in [0, 0.05) is 27.8 Å². The lowest BCUT2D eigenvalue weighted by atomic mass is 9.68. The molecule has 2 spiro atoms. The van der Waals surface area contributed by atoms with Crippen LogP contribution in [0.3, 0.4) is 0 Å². The molecule has 12 aromatic carbocycles. The SMILES string of the molecule is Clc1nc(-c2ccccc2)nc(-c2ccccc2)n1.OB(O)c1ccc2c(c1)C1(c3ccccc3-c3ccccc31)c1ccccc1-2.c1ccc(-c2nc(-c3ccccc3)nc(-c3ccc4c(c3)C3(c5ccccc5-c5ccccc53)c3ccccc3-4)n2)cc1. The third-order valence-corrected chi connectivity index (χ3v) is 18.1. The van der Waals surface area contributed by atoms with Gasteiger partial charge in [-0.15, -0.1) is 0 Å². The Hall–Kier alpha value is -11.1. The van der Waals surface area contributed by atoms with Crippen LogP contribution in [0.1, 0.15) is 44.5 Å². The quantitative estimate of drug-likeness (QED) is 0.158. The van der Waals surface area contributed by atoms with Gasteiger partial charge in [0.1, 0.15) is 0 Å². The molecular formula is C80H52BClN6O2. The molecule has 2 heterocycles.